The summed E-state index contributed by atoms with van der Waals surface area (Å²) in [6, 6.07) is 2.11. The molecule has 4 nitrogen and oxygen atoms in total. The van der Waals surface area contributed by atoms with Crippen LogP contribution in [0.2, 0.25) is 0 Å². The minimum Gasteiger partial charge on any atom is -0.435 e. The van der Waals surface area contributed by atoms with Crippen molar-refractivity contribution in [3.63, 3.8) is 0 Å². The average molecular weight is 381 g/mol. The second-order valence-corrected chi connectivity index (χ2v) is 5.82. The van der Waals surface area contributed by atoms with Gasteiger partial charge in [-0.2, -0.15) is 8.78 Å². The summed E-state index contributed by atoms with van der Waals surface area (Å²) in [4.78, 5) is -0.336. The topological polar surface area (TPSA) is 69.4 Å². The van der Waals surface area contributed by atoms with E-state index in [1.165, 1.54) is 6.07 Å². The van der Waals surface area contributed by atoms with Crippen molar-refractivity contribution in [1.82, 2.24) is 0 Å². The Morgan fingerprint density at radius 2 is 1.88 bits per heavy atom. The number of alkyl halides is 2. The summed E-state index contributed by atoms with van der Waals surface area (Å²) in [5, 5.41) is 4.90. The Labute approximate surface area is 107 Å². The van der Waals surface area contributed by atoms with Gasteiger partial charge in [0.1, 0.15) is 10.6 Å². The molecule has 0 atom stereocenters. The van der Waals surface area contributed by atoms with Crippen LogP contribution in [0.5, 0.6) is 5.75 Å². The molecule has 90 valence electrons. The molecule has 0 saturated heterocycles. The van der Waals surface area contributed by atoms with Crippen molar-refractivity contribution in [2.75, 3.05) is 0 Å². The van der Waals surface area contributed by atoms with E-state index in [9.17, 15) is 17.2 Å². The molecule has 0 aliphatic heterocycles. The Bertz CT molecular complexity index is 507. The maximum Gasteiger partial charge on any atom is 0.387 e. The molecule has 2 N–H and O–H groups in total. The van der Waals surface area contributed by atoms with E-state index >= 15 is 0 Å². The first kappa shape index (κ1) is 13.8. The van der Waals surface area contributed by atoms with Gasteiger partial charge in [0.05, 0.1) is 4.47 Å². The number of halogens is 4. The monoisotopic (exact) mass is 379 g/mol. The lowest BCUT2D eigenvalue weighted by molar-refractivity contribution is -0.0500. The zero-order valence-corrected chi connectivity index (χ0v) is 11.4. The first-order valence-corrected chi connectivity index (χ1v) is 6.81. The second kappa shape index (κ2) is 4.94. The number of primary sulfonamides is 1. The Balaban J connectivity index is 3.34. The average Bonchev–Trinajstić information content (AvgIpc) is 2.08. The summed E-state index contributed by atoms with van der Waals surface area (Å²) in [7, 11) is -4.02. The van der Waals surface area contributed by atoms with Crippen LogP contribution in [-0.2, 0) is 10.0 Å². The molecule has 1 rings (SSSR count). The highest BCUT2D eigenvalue weighted by atomic mass is 79.9. The Morgan fingerprint density at radius 3 is 2.31 bits per heavy atom. The zero-order chi connectivity index (χ0) is 12.5. The zero-order valence-electron chi connectivity index (χ0n) is 7.45. The lowest BCUT2D eigenvalue weighted by Crippen LogP contribution is -2.13. The first-order valence-electron chi connectivity index (χ1n) is 3.68. The van der Waals surface area contributed by atoms with Crippen LogP contribution in [0.3, 0.4) is 0 Å². The van der Waals surface area contributed by atoms with E-state index in [1.54, 1.807) is 0 Å². The summed E-state index contributed by atoms with van der Waals surface area (Å²) in [5.74, 6) is -0.297. The predicted molar refractivity (Wildman–Crippen MR) is 59.8 cm³/mol. The van der Waals surface area contributed by atoms with Crippen molar-refractivity contribution in [2.45, 2.75) is 11.5 Å². The van der Waals surface area contributed by atoms with Crippen LogP contribution in [0.15, 0.2) is 26.0 Å². The minimum atomic E-state index is -4.02. The number of benzene rings is 1. The summed E-state index contributed by atoms with van der Waals surface area (Å²) < 4.78 is 50.6. The smallest absolute Gasteiger partial charge is 0.387 e. The van der Waals surface area contributed by atoms with Crippen molar-refractivity contribution in [3.8, 4) is 5.75 Å². The number of hydrogen-bond acceptors (Lipinski definition) is 3. The molecule has 0 fully saturated rings. The fraction of sp³-hybridized carbons (Fsp3) is 0.143. The van der Waals surface area contributed by atoms with E-state index in [0.29, 0.717) is 0 Å². The van der Waals surface area contributed by atoms with Crippen molar-refractivity contribution in [2.24, 2.45) is 5.14 Å². The summed E-state index contributed by atoms with van der Waals surface area (Å²) in [5.41, 5.74) is 0. The number of sulfonamides is 1. The van der Waals surface area contributed by atoms with Crippen LogP contribution in [0.1, 0.15) is 0 Å². The largest absolute Gasteiger partial charge is 0.435 e. The first-order chi connectivity index (χ1) is 7.21. The van der Waals surface area contributed by atoms with E-state index in [2.05, 4.69) is 36.6 Å². The van der Waals surface area contributed by atoms with Crippen molar-refractivity contribution in [1.29, 1.82) is 0 Å². The molecule has 9 heteroatoms. The number of ether oxygens (including phenoxy) is 1. The quantitative estimate of drug-likeness (QED) is 0.875. The molecule has 0 radical (unpaired) electrons. The molecule has 16 heavy (non-hydrogen) atoms. The molecular weight excluding hydrogens is 376 g/mol. The lowest BCUT2D eigenvalue weighted by atomic mass is 10.3. The van der Waals surface area contributed by atoms with Crippen LogP contribution in [-0.4, -0.2) is 15.0 Å². The molecule has 0 heterocycles. The third-order valence-electron chi connectivity index (χ3n) is 1.50. The van der Waals surface area contributed by atoms with Gasteiger partial charge in [-0.05, 0) is 37.9 Å². The molecule has 0 aromatic heterocycles. The summed E-state index contributed by atoms with van der Waals surface area (Å²) >= 11 is 5.95. The highest BCUT2D eigenvalue weighted by Crippen LogP contribution is 2.34. The van der Waals surface area contributed by atoms with Gasteiger partial charge >= 0.3 is 6.61 Å². The highest BCUT2D eigenvalue weighted by molar-refractivity contribution is 9.13. The third-order valence-corrected chi connectivity index (χ3v) is 4.71. The highest BCUT2D eigenvalue weighted by Gasteiger charge is 2.18. The van der Waals surface area contributed by atoms with Gasteiger partial charge in [-0.1, -0.05) is 0 Å². The van der Waals surface area contributed by atoms with Gasteiger partial charge in [0.25, 0.3) is 0 Å². The summed E-state index contributed by atoms with van der Waals surface area (Å²) in [6.45, 7) is -3.04. The van der Waals surface area contributed by atoms with Crippen molar-refractivity contribution < 1.29 is 21.9 Å². The molecule has 0 spiro atoms. The maximum atomic E-state index is 12.0. The summed E-state index contributed by atoms with van der Waals surface area (Å²) in [6.07, 6.45) is 0. The Morgan fingerprint density at radius 1 is 1.31 bits per heavy atom. The van der Waals surface area contributed by atoms with Gasteiger partial charge in [0.2, 0.25) is 10.0 Å². The SMILES string of the molecule is NS(=O)(=O)c1cc(OC(F)F)cc(Br)c1Br. The van der Waals surface area contributed by atoms with E-state index in [0.717, 1.165) is 6.07 Å². The van der Waals surface area contributed by atoms with E-state index in [4.69, 9.17) is 5.14 Å². The number of hydrogen-bond donors (Lipinski definition) is 1. The molecule has 0 unspecified atom stereocenters. The number of rotatable bonds is 3. The molecule has 1 aromatic rings. The molecule has 0 aliphatic rings. The second-order valence-electron chi connectivity index (χ2n) is 2.64. The Hall–Kier alpha value is -0.250. The molecular formula is C7H5Br2F2NO3S. The molecule has 1 aromatic carbocycles. The molecule has 0 amide bonds. The van der Waals surface area contributed by atoms with Gasteiger partial charge < -0.3 is 4.74 Å². The van der Waals surface area contributed by atoms with Gasteiger partial charge in [-0.15, -0.1) is 0 Å². The van der Waals surface area contributed by atoms with Crippen molar-refractivity contribution in [3.05, 3.63) is 21.1 Å². The van der Waals surface area contributed by atoms with Crippen molar-refractivity contribution >= 4 is 41.9 Å². The van der Waals surface area contributed by atoms with Crippen LogP contribution >= 0.6 is 31.9 Å². The van der Waals surface area contributed by atoms with Gasteiger partial charge in [0.15, 0.2) is 0 Å². The Kier molecular flexibility index (Phi) is 4.27. The fourth-order valence-corrected chi connectivity index (χ4v) is 3.03. The van der Waals surface area contributed by atoms with Crippen LogP contribution in [0.4, 0.5) is 8.78 Å². The van der Waals surface area contributed by atoms with E-state index in [-0.39, 0.29) is 19.6 Å². The molecule has 0 saturated carbocycles. The molecule has 0 bridgehead atoms. The third kappa shape index (κ3) is 3.37. The van der Waals surface area contributed by atoms with Crippen LogP contribution in [0, 0.1) is 0 Å². The normalized spacial score (nSPS) is 11.9. The molecule has 0 aliphatic carbocycles. The predicted octanol–water partition coefficient (Wildman–Crippen LogP) is 2.46. The lowest BCUT2D eigenvalue weighted by Gasteiger charge is -2.09. The number of nitrogens with two attached hydrogens (primary N) is 1. The van der Waals surface area contributed by atoms with Gasteiger partial charge in [0, 0.05) is 10.5 Å². The van der Waals surface area contributed by atoms with E-state index < -0.39 is 16.6 Å². The maximum absolute atomic E-state index is 12.0. The van der Waals surface area contributed by atoms with Crippen LogP contribution in [0.25, 0.3) is 0 Å². The minimum absolute atomic E-state index is 0.150. The van der Waals surface area contributed by atoms with Gasteiger partial charge in [-0.3, -0.25) is 0 Å². The van der Waals surface area contributed by atoms with E-state index in [1.807, 2.05) is 0 Å². The van der Waals surface area contributed by atoms with Crippen LogP contribution < -0.4 is 9.88 Å². The fourth-order valence-electron chi connectivity index (χ4n) is 0.918. The standard InChI is InChI=1S/C7H5Br2F2NO3S/c8-4-1-3(15-7(10)11)2-5(6(4)9)16(12,13)14/h1-2,7H,(H2,12,13,14). The van der Waals surface area contributed by atoms with Gasteiger partial charge in [-0.25, -0.2) is 13.6 Å².